The molecular formula is C17H17N3O5. The Morgan fingerprint density at radius 2 is 1.88 bits per heavy atom. The molecule has 0 aliphatic rings. The lowest BCUT2D eigenvalue weighted by Crippen LogP contribution is -2.28. The quantitative estimate of drug-likeness (QED) is 0.452. The smallest absolute Gasteiger partial charge is 0.338 e. The fraction of sp³-hybridized carbons (Fsp3) is 0.176. The van der Waals surface area contributed by atoms with Crippen LogP contribution in [0.3, 0.4) is 0 Å². The van der Waals surface area contributed by atoms with Gasteiger partial charge in [-0.05, 0) is 17.7 Å². The predicted molar refractivity (Wildman–Crippen MR) is 91.2 cm³/mol. The number of nitro groups is 1. The maximum absolute atomic E-state index is 12.0. The van der Waals surface area contributed by atoms with E-state index in [1.807, 2.05) is 30.3 Å². The number of rotatable bonds is 7. The van der Waals surface area contributed by atoms with Gasteiger partial charge >= 0.3 is 5.97 Å². The summed E-state index contributed by atoms with van der Waals surface area (Å²) < 4.78 is 4.89. The average Bonchev–Trinajstić information content (AvgIpc) is 2.64. The Morgan fingerprint density at radius 1 is 1.16 bits per heavy atom. The van der Waals surface area contributed by atoms with E-state index in [1.165, 1.54) is 19.2 Å². The molecule has 0 spiro atoms. The van der Waals surface area contributed by atoms with Gasteiger partial charge in [-0.15, -0.1) is 0 Å². The molecule has 0 aliphatic carbocycles. The van der Waals surface area contributed by atoms with Crippen LogP contribution in [0.5, 0.6) is 0 Å². The maximum Gasteiger partial charge on any atom is 0.338 e. The van der Waals surface area contributed by atoms with Crippen LogP contribution in [0.2, 0.25) is 0 Å². The fourth-order valence-corrected chi connectivity index (χ4v) is 2.08. The number of nitrogens with zero attached hydrogens (tertiary/aromatic N) is 1. The number of anilines is 1. The topological polar surface area (TPSA) is 111 Å². The van der Waals surface area contributed by atoms with E-state index in [-0.39, 0.29) is 16.9 Å². The van der Waals surface area contributed by atoms with Crippen molar-refractivity contribution in [3.63, 3.8) is 0 Å². The Bertz CT molecular complexity index is 777. The monoisotopic (exact) mass is 343 g/mol. The molecule has 2 N–H and O–H groups in total. The lowest BCUT2D eigenvalue weighted by Gasteiger charge is -2.08. The standard InChI is InChI=1S/C17H17N3O5/c1-18-14-8-7-13(9-15(14)20(23)24)17(22)25-11-16(21)19-10-12-5-3-2-4-6-12/h2-9,18H,10-11H2,1H3,(H,19,21). The Labute approximate surface area is 144 Å². The van der Waals surface area contributed by atoms with Crippen LogP contribution in [0.15, 0.2) is 48.5 Å². The van der Waals surface area contributed by atoms with Crippen molar-refractivity contribution in [2.45, 2.75) is 6.54 Å². The average molecular weight is 343 g/mol. The SMILES string of the molecule is CNc1ccc(C(=O)OCC(=O)NCc2ccccc2)cc1[N+](=O)[O-]. The van der Waals surface area contributed by atoms with Crippen molar-refractivity contribution in [3.8, 4) is 0 Å². The van der Waals surface area contributed by atoms with Gasteiger partial charge in [0.15, 0.2) is 6.61 Å². The number of carbonyl (C=O) groups excluding carboxylic acids is 2. The Hall–Kier alpha value is -3.42. The van der Waals surface area contributed by atoms with Gasteiger partial charge in [-0.25, -0.2) is 4.79 Å². The van der Waals surface area contributed by atoms with Crippen molar-refractivity contribution in [3.05, 3.63) is 69.8 Å². The van der Waals surface area contributed by atoms with Crippen LogP contribution < -0.4 is 10.6 Å². The highest BCUT2D eigenvalue weighted by atomic mass is 16.6. The molecule has 25 heavy (non-hydrogen) atoms. The van der Waals surface area contributed by atoms with Gasteiger partial charge in [-0.2, -0.15) is 0 Å². The zero-order valence-electron chi connectivity index (χ0n) is 13.5. The summed E-state index contributed by atoms with van der Waals surface area (Å²) in [6.07, 6.45) is 0. The van der Waals surface area contributed by atoms with Crippen molar-refractivity contribution >= 4 is 23.3 Å². The van der Waals surface area contributed by atoms with E-state index in [0.717, 1.165) is 11.6 Å². The van der Waals surface area contributed by atoms with E-state index >= 15 is 0 Å². The van der Waals surface area contributed by atoms with Crippen LogP contribution in [-0.4, -0.2) is 30.5 Å². The van der Waals surface area contributed by atoms with Crippen LogP contribution in [-0.2, 0) is 16.1 Å². The first-order valence-corrected chi connectivity index (χ1v) is 7.45. The molecule has 130 valence electrons. The summed E-state index contributed by atoms with van der Waals surface area (Å²) in [5, 5.41) is 16.3. The molecule has 8 nitrogen and oxygen atoms in total. The predicted octanol–water partition coefficient (Wildman–Crippen LogP) is 2.11. The first-order valence-electron chi connectivity index (χ1n) is 7.45. The van der Waals surface area contributed by atoms with Gasteiger partial charge in [0.05, 0.1) is 10.5 Å². The summed E-state index contributed by atoms with van der Waals surface area (Å²) in [6, 6.07) is 13.2. The second-order valence-corrected chi connectivity index (χ2v) is 5.08. The van der Waals surface area contributed by atoms with E-state index in [2.05, 4.69) is 10.6 Å². The molecule has 0 aromatic heterocycles. The molecule has 0 unspecified atom stereocenters. The van der Waals surface area contributed by atoms with Crippen LogP contribution in [0.4, 0.5) is 11.4 Å². The van der Waals surface area contributed by atoms with Gasteiger partial charge in [-0.3, -0.25) is 14.9 Å². The molecule has 8 heteroatoms. The molecule has 0 atom stereocenters. The first kappa shape index (κ1) is 17.9. The number of hydrogen-bond donors (Lipinski definition) is 2. The summed E-state index contributed by atoms with van der Waals surface area (Å²) in [6.45, 7) is -0.146. The zero-order chi connectivity index (χ0) is 18.2. The summed E-state index contributed by atoms with van der Waals surface area (Å²) in [5.41, 5.74) is 0.953. The van der Waals surface area contributed by atoms with Gasteiger partial charge in [0, 0.05) is 19.7 Å². The number of amides is 1. The lowest BCUT2D eigenvalue weighted by atomic mass is 10.1. The lowest BCUT2D eigenvalue weighted by molar-refractivity contribution is -0.384. The van der Waals surface area contributed by atoms with E-state index in [9.17, 15) is 19.7 Å². The molecule has 0 heterocycles. The minimum atomic E-state index is -0.805. The number of hydrogen-bond acceptors (Lipinski definition) is 6. The minimum absolute atomic E-state index is 0.00144. The van der Waals surface area contributed by atoms with E-state index in [0.29, 0.717) is 6.54 Å². The molecule has 0 aliphatic heterocycles. The molecule has 2 aromatic rings. The molecule has 2 rings (SSSR count). The Morgan fingerprint density at radius 3 is 2.52 bits per heavy atom. The van der Waals surface area contributed by atoms with Gasteiger partial charge in [0.2, 0.25) is 0 Å². The molecule has 0 bridgehead atoms. The van der Waals surface area contributed by atoms with Gasteiger partial charge in [-0.1, -0.05) is 30.3 Å². The van der Waals surface area contributed by atoms with Crippen LogP contribution in [0.25, 0.3) is 0 Å². The second kappa shape index (κ2) is 8.44. The van der Waals surface area contributed by atoms with Crippen LogP contribution >= 0.6 is 0 Å². The second-order valence-electron chi connectivity index (χ2n) is 5.08. The van der Waals surface area contributed by atoms with Gasteiger partial charge in [0.1, 0.15) is 5.69 Å². The molecule has 0 saturated heterocycles. The number of benzene rings is 2. The summed E-state index contributed by atoms with van der Waals surface area (Å²) in [4.78, 5) is 34.1. The van der Waals surface area contributed by atoms with Crippen molar-refractivity contribution < 1.29 is 19.2 Å². The number of carbonyl (C=O) groups is 2. The van der Waals surface area contributed by atoms with Crippen molar-refractivity contribution in [2.24, 2.45) is 0 Å². The maximum atomic E-state index is 12.0. The largest absolute Gasteiger partial charge is 0.452 e. The first-order chi connectivity index (χ1) is 12.0. The molecular weight excluding hydrogens is 326 g/mol. The van der Waals surface area contributed by atoms with Gasteiger partial charge in [0.25, 0.3) is 11.6 Å². The highest BCUT2D eigenvalue weighted by Gasteiger charge is 2.18. The summed E-state index contributed by atoms with van der Waals surface area (Å²) >= 11 is 0. The molecule has 0 saturated carbocycles. The van der Waals surface area contributed by atoms with E-state index in [4.69, 9.17) is 4.74 Å². The van der Waals surface area contributed by atoms with Crippen LogP contribution in [0.1, 0.15) is 15.9 Å². The Balaban J connectivity index is 1.90. The molecule has 0 fully saturated rings. The third-order valence-electron chi connectivity index (χ3n) is 3.37. The number of nitro benzene ring substituents is 1. The molecule has 2 aromatic carbocycles. The molecule has 0 radical (unpaired) electrons. The van der Waals surface area contributed by atoms with Gasteiger partial charge < -0.3 is 15.4 Å². The summed E-state index contributed by atoms with van der Waals surface area (Å²) in [7, 11) is 1.54. The highest BCUT2D eigenvalue weighted by molar-refractivity contribution is 5.93. The van der Waals surface area contributed by atoms with Crippen molar-refractivity contribution in [2.75, 3.05) is 19.0 Å². The fourth-order valence-electron chi connectivity index (χ4n) is 2.08. The zero-order valence-corrected chi connectivity index (χ0v) is 13.5. The normalized spacial score (nSPS) is 9.96. The van der Waals surface area contributed by atoms with Crippen molar-refractivity contribution in [1.29, 1.82) is 0 Å². The number of esters is 1. The number of ether oxygens (including phenoxy) is 1. The Kier molecular flexibility index (Phi) is 6.05. The van der Waals surface area contributed by atoms with E-state index < -0.39 is 23.4 Å². The number of nitrogens with one attached hydrogen (secondary N) is 2. The van der Waals surface area contributed by atoms with E-state index in [1.54, 1.807) is 0 Å². The van der Waals surface area contributed by atoms with Crippen LogP contribution in [0, 0.1) is 10.1 Å². The minimum Gasteiger partial charge on any atom is -0.452 e. The molecule has 1 amide bonds. The third-order valence-corrected chi connectivity index (χ3v) is 3.37. The highest BCUT2D eigenvalue weighted by Crippen LogP contribution is 2.25. The summed E-state index contributed by atoms with van der Waals surface area (Å²) in [5.74, 6) is -1.26. The van der Waals surface area contributed by atoms with Crippen molar-refractivity contribution in [1.82, 2.24) is 5.32 Å². The third kappa shape index (κ3) is 5.03.